The van der Waals surface area contributed by atoms with Crippen molar-refractivity contribution in [2.45, 2.75) is 92.4 Å². The summed E-state index contributed by atoms with van der Waals surface area (Å²) >= 11 is 0. The summed E-state index contributed by atoms with van der Waals surface area (Å²) in [5, 5.41) is 2.30. The molecule has 2 aromatic heterocycles. The Kier molecular flexibility index (Phi) is 10.0. The maximum Gasteiger partial charge on any atom is 0.190 e. The van der Waals surface area contributed by atoms with Gasteiger partial charge in [-0.05, 0) is 136 Å². The summed E-state index contributed by atoms with van der Waals surface area (Å²) in [7, 11) is 0. The SMILES string of the molecule is [C-]#[N+]c1ccc(C)c(-c2cc(Oc3ccc4c5ccccc5n(-c5cc(C(C)(C)C)ccn5)c4c3)cc(N3CN(c4cc(C(C)(C)C)cc(C(C)(C)C)c4)c4ccccc43)c2)c1C. The molecule has 6 heteroatoms. The number of hydrogen-bond acceptors (Lipinski definition) is 4. The third kappa shape index (κ3) is 7.61. The highest BCUT2D eigenvalue weighted by Gasteiger charge is 2.31. The molecule has 0 atom stereocenters. The lowest BCUT2D eigenvalue weighted by Crippen LogP contribution is -2.25. The second-order valence-corrected chi connectivity index (χ2v) is 20.3. The Morgan fingerprint density at radius 1 is 0.571 bits per heavy atom. The van der Waals surface area contributed by atoms with E-state index < -0.39 is 0 Å². The summed E-state index contributed by atoms with van der Waals surface area (Å²) in [6.45, 7) is 33.2. The zero-order valence-electron chi connectivity index (χ0n) is 38.6. The van der Waals surface area contributed by atoms with E-state index in [0.29, 0.717) is 18.1 Å². The fourth-order valence-electron chi connectivity index (χ4n) is 9.04. The maximum absolute atomic E-state index is 7.98. The van der Waals surface area contributed by atoms with Gasteiger partial charge in [-0.3, -0.25) is 4.57 Å². The third-order valence-electron chi connectivity index (χ3n) is 12.7. The van der Waals surface area contributed by atoms with Crippen LogP contribution in [0.1, 0.15) is 90.1 Å². The Morgan fingerprint density at radius 2 is 1.19 bits per heavy atom. The van der Waals surface area contributed by atoms with Crippen molar-refractivity contribution >= 4 is 50.2 Å². The van der Waals surface area contributed by atoms with Gasteiger partial charge in [-0.25, -0.2) is 9.83 Å². The van der Waals surface area contributed by atoms with Crippen molar-refractivity contribution in [3.05, 3.63) is 173 Å². The predicted molar refractivity (Wildman–Crippen MR) is 264 cm³/mol. The van der Waals surface area contributed by atoms with Crippen molar-refractivity contribution in [1.29, 1.82) is 0 Å². The van der Waals surface area contributed by atoms with E-state index in [9.17, 15) is 0 Å². The molecule has 0 saturated carbocycles. The van der Waals surface area contributed by atoms with Gasteiger partial charge in [0.25, 0.3) is 0 Å². The zero-order valence-corrected chi connectivity index (χ0v) is 38.6. The first-order valence-corrected chi connectivity index (χ1v) is 22.0. The number of para-hydroxylation sites is 3. The van der Waals surface area contributed by atoms with Crippen molar-refractivity contribution in [3.8, 4) is 28.4 Å². The molecule has 0 bridgehead atoms. The molecule has 6 nitrogen and oxygen atoms in total. The summed E-state index contributed by atoms with van der Waals surface area (Å²) in [6, 6.07) is 45.6. The number of fused-ring (bicyclic) bond motifs is 4. The third-order valence-corrected chi connectivity index (χ3v) is 12.7. The molecule has 0 unspecified atom stereocenters. The van der Waals surface area contributed by atoms with Crippen LogP contribution in [0.3, 0.4) is 0 Å². The summed E-state index contributed by atoms with van der Waals surface area (Å²) in [5.74, 6) is 2.31. The van der Waals surface area contributed by atoms with Gasteiger partial charge in [-0.1, -0.05) is 111 Å². The first kappa shape index (κ1) is 41.5. The Balaban J connectivity index is 1.20. The van der Waals surface area contributed by atoms with Gasteiger partial charge < -0.3 is 14.5 Å². The van der Waals surface area contributed by atoms with Crippen molar-refractivity contribution < 1.29 is 4.74 Å². The second kappa shape index (κ2) is 15.2. The lowest BCUT2D eigenvalue weighted by Gasteiger charge is -2.29. The first-order valence-electron chi connectivity index (χ1n) is 22.0. The minimum Gasteiger partial charge on any atom is -0.457 e. The van der Waals surface area contributed by atoms with Crippen LogP contribution < -0.4 is 14.5 Å². The molecule has 63 heavy (non-hydrogen) atoms. The van der Waals surface area contributed by atoms with Gasteiger partial charge in [0.05, 0.1) is 29.0 Å². The summed E-state index contributed by atoms with van der Waals surface area (Å²) in [4.78, 5) is 13.7. The van der Waals surface area contributed by atoms with E-state index in [0.717, 1.165) is 72.7 Å². The molecule has 0 spiro atoms. The van der Waals surface area contributed by atoms with Crippen LogP contribution in [0.2, 0.25) is 0 Å². The fraction of sp³-hybridized carbons (Fsp3) is 0.263. The normalized spacial score (nSPS) is 13.2. The topological polar surface area (TPSA) is 37.9 Å². The summed E-state index contributed by atoms with van der Waals surface area (Å²) in [5.41, 5.74) is 15.1. The van der Waals surface area contributed by atoms with Gasteiger partial charge in [0.2, 0.25) is 0 Å². The van der Waals surface area contributed by atoms with E-state index in [2.05, 4.69) is 217 Å². The molecule has 0 fully saturated rings. The van der Waals surface area contributed by atoms with Gasteiger partial charge in [0, 0.05) is 40.5 Å². The maximum atomic E-state index is 7.98. The molecule has 0 amide bonds. The molecule has 0 N–H and O–H groups in total. The zero-order chi connectivity index (χ0) is 44.6. The minimum atomic E-state index is -0.0306. The van der Waals surface area contributed by atoms with Crippen LogP contribution in [-0.4, -0.2) is 16.2 Å². The number of benzene rings is 6. The molecule has 9 rings (SSSR count). The van der Waals surface area contributed by atoms with Crippen LogP contribution in [0.25, 0.3) is 43.6 Å². The highest BCUT2D eigenvalue weighted by atomic mass is 16.5. The number of nitrogens with zero attached hydrogens (tertiary/aromatic N) is 5. The Morgan fingerprint density at radius 3 is 1.84 bits per heavy atom. The van der Waals surface area contributed by atoms with E-state index in [1.165, 1.54) is 22.4 Å². The molecular weight excluding hydrogens is 771 g/mol. The highest BCUT2D eigenvalue weighted by molar-refractivity contribution is 6.09. The second-order valence-electron chi connectivity index (χ2n) is 20.3. The summed E-state index contributed by atoms with van der Waals surface area (Å²) in [6.07, 6.45) is 1.92. The quantitative estimate of drug-likeness (QED) is 0.157. The molecule has 316 valence electrons. The van der Waals surface area contributed by atoms with E-state index in [-0.39, 0.29) is 16.2 Å². The Labute approximate surface area is 373 Å². The molecule has 0 radical (unpaired) electrons. The lowest BCUT2D eigenvalue weighted by atomic mass is 9.80. The van der Waals surface area contributed by atoms with Gasteiger partial charge >= 0.3 is 0 Å². The predicted octanol–water partition coefficient (Wildman–Crippen LogP) is 15.9. The van der Waals surface area contributed by atoms with Crippen molar-refractivity contribution in [2.75, 3.05) is 16.5 Å². The Bertz CT molecular complexity index is 3090. The van der Waals surface area contributed by atoms with Crippen LogP contribution in [0.4, 0.5) is 28.4 Å². The fourth-order valence-corrected chi connectivity index (χ4v) is 9.04. The van der Waals surface area contributed by atoms with Gasteiger partial charge in [-0.15, -0.1) is 0 Å². The smallest absolute Gasteiger partial charge is 0.190 e. The molecule has 8 aromatic rings. The van der Waals surface area contributed by atoms with Crippen LogP contribution in [0, 0.1) is 20.4 Å². The number of pyridine rings is 1. The Hall–Kier alpha value is -6.84. The average Bonchev–Trinajstić information content (AvgIpc) is 3.79. The van der Waals surface area contributed by atoms with Crippen LogP contribution in [-0.2, 0) is 16.2 Å². The lowest BCUT2D eigenvalue weighted by molar-refractivity contribution is 0.483. The van der Waals surface area contributed by atoms with E-state index in [1.54, 1.807) is 0 Å². The number of anilines is 4. The molecule has 3 heterocycles. The number of aryl methyl sites for hydroxylation is 1. The summed E-state index contributed by atoms with van der Waals surface area (Å²) < 4.78 is 9.28. The molecule has 0 saturated heterocycles. The molecule has 1 aliphatic heterocycles. The number of aromatic nitrogens is 2. The van der Waals surface area contributed by atoms with Crippen LogP contribution >= 0.6 is 0 Å². The molecule has 0 aliphatic carbocycles. The van der Waals surface area contributed by atoms with Gasteiger partial charge in [0.1, 0.15) is 24.0 Å². The van der Waals surface area contributed by atoms with E-state index in [1.807, 2.05) is 12.3 Å². The van der Waals surface area contributed by atoms with E-state index >= 15 is 0 Å². The molecule has 6 aromatic carbocycles. The van der Waals surface area contributed by atoms with Gasteiger partial charge in [-0.2, -0.15) is 0 Å². The van der Waals surface area contributed by atoms with Crippen LogP contribution in [0.15, 0.2) is 134 Å². The van der Waals surface area contributed by atoms with Crippen LogP contribution in [0.5, 0.6) is 11.5 Å². The minimum absolute atomic E-state index is 0.0184. The molecule has 1 aliphatic rings. The largest absolute Gasteiger partial charge is 0.457 e. The van der Waals surface area contributed by atoms with Crippen molar-refractivity contribution in [3.63, 3.8) is 0 Å². The van der Waals surface area contributed by atoms with Crippen molar-refractivity contribution in [1.82, 2.24) is 9.55 Å². The highest BCUT2D eigenvalue weighted by Crippen LogP contribution is 2.48. The van der Waals surface area contributed by atoms with Crippen molar-refractivity contribution in [2.24, 2.45) is 0 Å². The monoisotopic (exact) mass is 827 g/mol. The van der Waals surface area contributed by atoms with E-state index in [4.69, 9.17) is 16.3 Å². The average molecular weight is 828 g/mol. The standard InChI is InChI=1S/C57H57N5O/c1-36-21-24-48(58-12)37(2)54(36)38-27-42(60-35-61(51-20-16-15-19-50(51)60)43-30-40(56(6,7)8)29-41(31-43)57(9,10)11)33-45(28-38)63-44-22-23-47-46-17-13-14-18-49(46)62(52(47)34-44)53-32-39(25-26-59-53)55(3,4)5/h13-34H,35H2,1-11H3. The number of rotatable bonds is 6. The number of hydrogen-bond donors (Lipinski definition) is 0. The first-order chi connectivity index (χ1) is 29.9. The molecular formula is C57H57N5O. The van der Waals surface area contributed by atoms with Gasteiger partial charge in [0.15, 0.2) is 5.69 Å². The number of ether oxygens (including phenoxy) is 1.